The third-order valence-electron chi connectivity index (χ3n) is 5.79. The molecule has 2 heterocycles. The van der Waals surface area contributed by atoms with E-state index in [0.29, 0.717) is 11.5 Å². The largest absolute Gasteiger partial charge is 0.312 e. The Morgan fingerprint density at radius 1 is 1.17 bits per heavy atom. The lowest BCUT2D eigenvalue weighted by Gasteiger charge is -2.37. The molecular weight excluding hydrogens is 364 g/mol. The third-order valence-corrected chi connectivity index (χ3v) is 5.79. The van der Waals surface area contributed by atoms with E-state index in [2.05, 4.69) is 41.1 Å². The quantitative estimate of drug-likeness (QED) is 0.706. The second-order valence-corrected chi connectivity index (χ2v) is 7.82. The van der Waals surface area contributed by atoms with Gasteiger partial charge >= 0.3 is 0 Å². The van der Waals surface area contributed by atoms with E-state index < -0.39 is 0 Å². The second kappa shape index (κ2) is 9.18. The van der Waals surface area contributed by atoms with Crippen molar-refractivity contribution in [2.24, 2.45) is 0 Å². The molecule has 1 aromatic carbocycles. The highest BCUT2D eigenvalue weighted by atomic mass is 16.2. The molecule has 1 aliphatic rings. The van der Waals surface area contributed by atoms with Gasteiger partial charge in [0.15, 0.2) is 5.82 Å². The standard InChI is InChI=1S/C23H30N4O2/c1-17-7-5-6-8-20(17)15-26-13-11-21(12-14-26)27(16-28)23-22(25(4)19(3)29)10-9-18(2)24-23/h5-10,16,21H,11-15H2,1-4H3. The van der Waals surface area contributed by atoms with E-state index in [1.807, 2.05) is 19.1 Å². The van der Waals surface area contributed by atoms with Crippen molar-refractivity contribution < 1.29 is 9.59 Å². The summed E-state index contributed by atoms with van der Waals surface area (Å²) in [6.45, 7) is 8.34. The minimum atomic E-state index is -0.0872. The Morgan fingerprint density at radius 2 is 1.86 bits per heavy atom. The second-order valence-electron chi connectivity index (χ2n) is 7.82. The van der Waals surface area contributed by atoms with Gasteiger partial charge in [-0.1, -0.05) is 24.3 Å². The maximum Gasteiger partial charge on any atom is 0.223 e. The molecule has 0 unspecified atom stereocenters. The van der Waals surface area contributed by atoms with Crippen molar-refractivity contribution in [3.8, 4) is 0 Å². The first kappa shape index (κ1) is 21.0. The number of pyridine rings is 1. The number of carbonyl (C=O) groups is 2. The van der Waals surface area contributed by atoms with Crippen LogP contribution in [0.15, 0.2) is 36.4 Å². The van der Waals surface area contributed by atoms with Crippen LogP contribution in [0.2, 0.25) is 0 Å². The summed E-state index contributed by atoms with van der Waals surface area (Å²) in [6, 6.07) is 12.3. The van der Waals surface area contributed by atoms with E-state index >= 15 is 0 Å². The average Bonchev–Trinajstić information content (AvgIpc) is 2.71. The molecule has 0 radical (unpaired) electrons. The van der Waals surface area contributed by atoms with Gasteiger partial charge in [0.25, 0.3) is 0 Å². The number of piperidine rings is 1. The first-order valence-corrected chi connectivity index (χ1v) is 10.1. The average molecular weight is 395 g/mol. The van der Waals surface area contributed by atoms with Crippen LogP contribution in [0.3, 0.4) is 0 Å². The van der Waals surface area contributed by atoms with Crippen molar-refractivity contribution in [2.75, 3.05) is 29.9 Å². The molecule has 6 heteroatoms. The summed E-state index contributed by atoms with van der Waals surface area (Å²) >= 11 is 0. The number of amides is 2. The van der Waals surface area contributed by atoms with Crippen LogP contribution in [0.25, 0.3) is 0 Å². The van der Waals surface area contributed by atoms with Crippen LogP contribution < -0.4 is 9.80 Å². The first-order chi connectivity index (χ1) is 13.9. The predicted molar refractivity (Wildman–Crippen MR) is 116 cm³/mol. The van der Waals surface area contributed by atoms with E-state index in [4.69, 9.17) is 0 Å². The lowest BCUT2D eigenvalue weighted by atomic mass is 10.0. The zero-order valence-electron chi connectivity index (χ0n) is 17.8. The highest BCUT2D eigenvalue weighted by Crippen LogP contribution is 2.30. The molecule has 1 saturated heterocycles. The fourth-order valence-corrected chi connectivity index (χ4v) is 3.85. The van der Waals surface area contributed by atoms with E-state index in [0.717, 1.165) is 44.6 Å². The Kier molecular flexibility index (Phi) is 6.64. The van der Waals surface area contributed by atoms with Gasteiger partial charge in [0.2, 0.25) is 12.3 Å². The van der Waals surface area contributed by atoms with Gasteiger partial charge in [0, 0.05) is 45.3 Å². The van der Waals surface area contributed by atoms with Gasteiger partial charge in [0.05, 0.1) is 5.69 Å². The van der Waals surface area contributed by atoms with Crippen LogP contribution in [0.1, 0.15) is 36.6 Å². The molecule has 1 aromatic heterocycles. The lowest BCUT2D eigenvalue weighted by Crippen LogP contribution is -2.45. The van der Waals surface area contributed by atoms with Crippen LogP contribution in [-0.2, 0) is 16.1 Å². The molecule has 6 nitrogen and oxygen atoms in total. The topological polar surface area (TPSA) is 56.8 Å². The zero-order valence-corrected chi connectivity index (χ0v) is 17.8. The Labute approximate surface area is 173 Å². The lowest BCUT2D eigenvalue weighted by molar-refractivity contribution is -0.116. The maximum absolute atomic E-state index is 12.0. The van der Waals surface area contributed by atoms with Crippen molar-refractivity contribution in [1.29, 1.82) is 0 Å². The molecule has 1 aliphatic heterocycles. The molecule has 1 fully saturated rings. The van der Waals surface area contributed by atoms with Gasteiger partial charge < -0.3 is 4.90 Å². The van der Waals surface area contributed by atoms with Crippen LogP contribution in [0.4, 0.5) is 11.5 Å². The number of rotatable bonds is 6. The number of hydrogen-bond donors (Lipinski definition) is 0. The van der Waals surface area contributed by atoms with Crippen LogP contribution in [0.5, 0.6) is 0 Å². The molecule has 0 bridgehead atoms. The van der Waals surface area contributed by atoms with Gasteiger partial charge in [-0.15, -0.1) is 0 Å². The fraction of sp³-hybridized carbons (Fsp3) is 0.435. The van der Waals surface area contributed by atoms with Gasteiger partial charge in [-0.05, 0) is 49.9 Å². The maximum atomic E-state index is 12.0. The molecule has 0 atom stereocenters. The third kappa shape index (κ3) is 4.82. The number of hydrogen-bond acceptors (Lipinski definition) is 4. The van der Waals surface area contributed by atoms with E-state index in [9.17, 15) is 9.59 Å². The van der Waals surface area contributed by atoms with Crippen LogP contribution >= 0.6 is 0 Å². The molecule has 2 amide bonds. The minimum Gasteiger partial charge on any atom is -0.312 e. The molecule has 0 spiro atoms. The van der Waals surface area contributed by atoms with Crippen molar-refractivity contribution in [1.82, 2.24) is 9.88 Å². The van der Waals surface area contributed by atoms with Crippen molar-refractivity contribution in [2.45, 2.75) is 46.2 Å². The van der Waals surface area contributed by atoms with Crippen LogP contribution in [-0.4, -0.2) is 48.4 Å². The highest BCUT2D eigenvalue weighted by Gasteiger charge is 2.28. The van der Waals surface area contributed by atoms with Gasteiger partial charge in [-0.3, -0.25) is 19.4 Å². The smallest absolute Gasteiger partial charge is 0.223 e. The summed E-state index contributed by atoms with van der Waals surface area (Å²) in [5, 5.41) is 0. The Morgan fingerprint density at radius 3 is 2.48 bits per heavy atom. The normalized spacial score (nSPS) is 15.2. The number of benzene rings is 1. The summed E-state index contributed by atoms with van der Waals surface area (Å²) < 4.78 is 0. The van der Waals surface area contributed by atoms with E-state index in [1.165, 1.54) is 18.1 Å². The minimum absolute atomic E-state index is 0.0778. The van der Waals surface area contributed by atoms with Crippen molar-refractivity contribution >= 4 is 23.8 Å². The van der Waals surface area contributed by atoms with E-state index in [1.54, 1.807) is 16.8 Å². The van der Waals surface area contributed by atoms with Crippen molar-refractivity contribution in [3.63, 3.8) is 0 Å². The summed E-state index contributed by atoms with van der Waals surface area (Å²) in [6.07, 6.45) is 2.62. The number of carbonyl (C=O) groups excluding carboxylic acids is 2. The Balaban J connectivity index is 1.74. The van der Waals surface area contributed by atoms with Gasteiger partial charge in [-0.25, -0.2) is 4.98 Å². The summed E-state index contributed by atoms with van der Waals surface area (Å²) in [4.78, 5) is 34.3. The molecule has 0 N–H and O–H groups in total. The number of nitrogens with zero attached hydrogens (tertiary/aromatic N) is 4. The summed E-state index contributed by atoms with van der Waals surface area (Å²) in [7, 11) is 1.71. The number of aryl methyl sites for hydroxylation is 2. The van der Waals surface area contributed by atoms with Crippen LogP contribution in [0, 0.1) is 13.8 Å². The summed E-state index contributed by atoms with van der Waals surface area (Å²) in [5.74, 6) is 0.478. The summed E-state index contributed by atoms with van der Waals surface area (Å²) in [5.41, 5.74) is 4.15. The number of aromatic nitrogens is 1. The zero-order chi connectivity index (χ0) is 21.0. The molecule has 3 rings (SSSR count). The number of likely N-dealkylation sites (tertiary alicyclic amines) is 1. The predicted octanol–water partition coefficient (Wildman–Crippen LogP) is 3.31. The number of anilines is 2. The Bertz CT molecular complexity index is 875. The molecule has 154 valence electrons. The SMILES string of the molecule is CC(=O)N(C)c1ccc(C)nc1N(C=O)C1CCN(Cc2ccccc2C)CC1. The molecular formula is C23H30N4O2. The molecule has 29 heavy (non-hydrogen) atoms. The van der Waals surface area contributed by atoms with Crippen molar-refractivity contribution in [3.05, 3.63) is 53.2 Å². The molecule has 2 aromatic rings. The Hall–Kier alpha value is -2.73. The highest BCUT2D eigenvalue weighted by molar-refractivity contribution is 5.96. The fourth-order valence-electron chi connectivity index (χ4n) is 3.85. The first-order valence-electron chi connectivity index (χ1n) is 10.1. The molecule has 0 aliphatic carbocycles. The molecule has 0 saturated carbocycles. The van der Waals surface area contributed by atoms with Gasteiger partial charge in [-0.2, -0.15) is 0 Å². The van der Waals surface area contributed by atoms with E-state index in [-0.39, 0.29) is 11.9 Å². The van der Waals surface area contributed by atoms with Gasteiger partial charge in [0.1, 0.15) is 0 Å². The monoisotopic (exact) mass is 394 g/mol.